The number of hydrogen-bond acceptors (Lipinski definition) is 5. The van der Waals surface area contributed by atoms with Crippen LogP contribution in [0.4, 0.5) is 0 Å². The molecule has 0 aliphatic carbocycles. The molecule has 0 saturated heterocycles. The van der Waals surface area contributed by atoms with Crippen molar-refractivity contribution in [3.63, 3.8) is 0 Å². The fraction of sp³-hybridized carbons (Fsp3) is 0.0833. The lowest BCUT2D eigenvalue weighted by Crippen LogP contribution is -2.02. The number of fused-ring (bicyclic) bond motifs is 1. The molecule has 1 heterocycles. The molecule has 5 heteroatoms. The minimum absolute atomic E-state index is 0.123. The molecule has 0 spiro atoms. The van der Waals surface area contributed by atoms with E-state index in [9.17, 15) is 4.79 Å². The van der Waals surface area contributed by atoms with Crippen LogP contribution in [0.2, 0.25) is 0 Å². The van der Waals surface area contributed by atoms with E-state index >= 15 is 0 Å². The monoisotopic (exact) mass is 540 g/mol. The van der Waals surface area contributed by atoms with Crippen molar-refractivity contribution in [3.05, 3.63) is 149 Å². The molecule has 0 aliphatic heterocycles. The van der Waals surface area contributed by atoms with Gasteiger partial charge in [-0.15, -0.1) is 0 Å². The third kappa shape index (κ3) is 5.99. The van der Waals surface area contributed by atoms with Gasteiger partial charge >= 0.3 is 0 Å². The van der Waals surface area contributed by atoms with Crippen molar-refractivity contribution < 1.29 is 18.6 Å². The van der Waals surface area contributed by atoms with Gasteiger partial charge in [0.1, 0.15) is 30.3 Å². The maximum Gasteiger partial charge on any atom is 0.193 e. The predicted octanol–water partition coefficient (Wildman–Crippen LogP) is 8.29. The second kappa shape index (κ2) is 11.8. The first-order chi connectivity index (χ1) is 20.2. The molecule has 0 radical (unpaired) electrons. The van der Waals surface area contributed by atoms with Gasteiger partial charge in [-0.05, 0) is 64.7 Å². The molecule has 0 N–H and O–H groups in total. The van der Waals surface area contributed by atoms with E-state index in [1.165, 1.54) is 6.07 Å². The lowest BCUT2D eigenvalue weighted by molar-refractivity contribution is 0.256. The average molecular weight is 541 g/mol. The third-order valence-corrected chi connectivity index (χ3v) is 6.83. The van der Waals surface area contributed by atoms with Crippen LogP contribution in [0.25, 0.3) is 33.4 Å². The summed E-state index contributed by atoms with van der Waals surface area (Å²) in [5.74, 6) is 2.39. The molecule has 5 nitrogen and oxygen atoms in total. The van der Waals surface area contributed by atoms with E-state index in [-0.39, 0.29) is 5.43 Å². The minimum Gasteiger partial charge on any atom is -0.497 e. The van der Waals surface area contributed by atoms with E-state index in [1.807, 2.05) is 121 Å². The lowest BCUT2D eigenvalue weighted by Gasteiger charge is -2.15. The fourth-order valence-electron chi connectivity index (χ4n) is 4.64. The Bertz CT molecular complexity index is 1840. The van der Waals surface area contributed by atoms with Crippen molar-refractivity contribution in [2.45, 2.75) is 13.2 Å². The molecule has 0 saturated carbocycles. The SMILES string of the molecule is COc1cccc(-c2ccc3oc(-c4ccc(OCc5ccccc5)c(OCc5ccccc5)c4)cc(=O)c3c2)c1. The zero-order chi connectivity index (χ0) is 28.0. The van der Waals surface area contributed by atoms with Crippen molar-refractivity contribution in [1.29, 1.82) is 0 Å². The van der Waals surface area contributed by atoms with Crippen molar-refractivity contribution >= 4 is 11.0 Å². The molecule has 0 fully saturated rings. The third-order valence-electron chi connectivity index (χ3n) is 6.83. The van der Waals surface area contributed by atoms with E-state index in [1.54, 1.807) is 7.11 Å². The maximum absolute atomic E-state index is 13.3. The van der Waals surface area contributed by atoms with Crippen LogP contribution >= 0.6 is 0 Å². The molecule has 202 valence electrons. The normalized spacial score (nSPS) is 10.9. The first-order valence-corrected chi connectivity index (χ1v) is 13.4. The van der Waals surface area contributed by atoms with Crippen LogP contribution < -0.4 is 19.6 Å². The molecule has 1 aromatic heterocycles. The van der Waals surface area contributed by atoms with Crippen LogP contribution in [0.5, 0.6) is 17.2 Å². The number of rotatable bonds is 9. The zero-order valence-electron chi connectivity index (χ0n) is 22.6. The molecule has 41 heavy (non-hydrogen) atoms. The van der Waals surface area contributed by atoms with Gasteiger partial charge < -0.3 is 18.6 Å². The molecule has 0 amide bonds. The smallest absolute Gasteiger partial charge is 0.193 e. The van der Waals surface area contributed by atoms with Crippen molar-refractivity contribution in [2.75, 3.05) is 7.11 Å². The molecule has 6 rings (SSSR count). The van der Waals surface area contributed by atoms with Gasteiger partial charge in [-0.25, -0.2) is 0 Å². The number of methoxy groups -OCH3 is 1. The van der Waals surface area contributed by atoms with Gasteiger partial charge in [0.25, 0.3) is 0 Å². The molecular weight excluding hydrogens is 512 g/mol. The lowest BCUT2D eigenvalue weighted by atomic mass is 10.0. The minimum atomic E-state index is -0.123. The highest BCUT2D eigenvalue weighted by molar-refractivity contribution is 5.84. The summed E-state index contributed by atoms with van der Waals surface area (Å²) in [4.78, 5) is 13.3. The highest BCUT2D eigenvalue weighted by atomic mass is 16.5. The summed E-state index contributed by atoms with van der Waals surface area (Å²) in [7, 11) is 1.63. The van der Waals surface area contributed by atoms with E-state index < -0.39 is 0 Å². The van der Waals surface area contributed by atoms with Crippen LogP contribution in [0.15, 0.2) is 137 Å². The molecule has 0 aliphatic rings. The quantitative estimate of drug-likeness (QED) is 0.185. The number of benzene rings is 5. The molecule has 6 aromatic rings. The van der Waals surface area contributed by atoms with Crippen LogP contribution in [-0.4, -0.2) is 7.11 Å². The summed E-state index contributed by atoms with van der Waals surface area (Å²) >= 11 is 0. The molecule has 0 atom stereocenters. The van der Waals surface area contributed by atoms with Gasteiger partial charge in [0.15, 0.2) is 16.9 Å². The predicted molar refractivity (Wildman–Crippen MR) is 161 cm³/mol. The first-order valence-electron chi connectivity index (χ1n) is 13.4. The number of hydrogen-bond donors (Lipinski definition) is 0. The van der Waals surface area contributed by atoms with E-state index in [0.717, 1.165) is 33.6 Å². The second-order valence-electron chi connectivity index (χ2n) is 9.63. The Hall–Kier alpha value is -5.29. The Morgan fingerprint density at radius 2 is 1.24 bits per heavy atom. The Morgan fingerprint density at radius 1 is 0.585 bits per heavy atom. The molecule has 0 unspecified atom stereocenters. The Kier molecular flexibility index (Phi) is 7.50. The molecular formula is C36H28O5. The van der Waals surface area contributed by atoms with Crippen LogP contribution in [-0.2, 0) is 13.2 Å². The Morgan fingerprint density at radius 3 is 1.95 bits per heavy atom. The van der Waals surface area contributed by atoms with Crippen molar-refractivity contribution in [2.24, 2.45) is 0 Å². The Balaban J connectivity index is 1.33. The first kappa shape index (κ1) is 26.0. The number of ether oxygens (including phenoxy) is 3. The molecule has 5 aromatic carbocycles. The highest BCUT2D eigenvalue weighted by Crippen LogP contribution is 2.35. The van der Waals surface area contributed by atoms with Crippen molar-refractivity contribution in [1.82, 2.24) is 0 Å². The van der Waals surface area contributed by atoms with Gasteiger partial charge in [0, 0.05) is 11.6 Å². The fourth-order valence-corrected chi connectivity index (χ4v) is 4.64. The standard InChI is InChI=1S/C36H28O5/c1-38-30-14-8-13-27(19-30)28-15-17-33-31(20-28)32(37)22-35(41-33)29-16-18-34(39-23-25-9-4-2-5-10-25)36(21-29)40-24-26-11-6-3-7-12-26/h2-22H,23-24H2,1H3. The van der Waals surface area contributed by atoms with Crippen molar-refractivity contribution in [3.8, 4) is 39.7 Å². The summed E-state index contributed by atoms with van der Waals surface area (Å²) in [5, 5.41) is 0.512. The maximum atomic E-state index is 13.3. The summed E-state index contributed by atoms with van der Waals surface area (Å²) in [6, 6.07) is 40.4. The van der Waals surface area contributed by atoms with E-state index in [2.05, 4.69) is 0 Å². The van der Waals surface area contributed by atoms with E-state index in [4.69, 9.17) is 18.6 Å². The summed E-state index contributed by atoms with van der Waals surface area (Å²) in [5.41, 5.74) is 5.07. The van der Waals surface area contributed by atoms with Gasteiger partial charge in [-0.1, -0.05) is 78.9 Å². The van der Waals surface area contributed by atoms with Gasteiger partial charge in [-0.2, -0.15) is 0 Å². The second-order valence-corrected chi connectivity index (χ2v) is 9.63. The van der Waals surface area contributed by atoms with Gasteiger partial charge in [0.05, 0.1) is 12.5 Å². The summed E-state index contributed by atoms with van der Waals surface area (Å²) in [6.07, 6.45) is 0. The Labute approximate surface area is 238 Å². The molecule has 0 bridgehead atoms. The van der Waals surface area contributed by atoms with Crippen LogP contribution in [0.1, 0.15) is 11.1 Å². The van der Waals surface area contributed by atoms with Gasteiger partial charge in [0.2, 0.25) is 0 Å². The van der Waals surface area contributed by atoms with Crippen LogP contribution in [0, 0.1) is 0 Å². The largest absolute Gasteiger partial charge is 0.497 e. The summed E-state index contributed by atoms with van der Waals surface area (Å²) in [6.45, 7) is 0.781. The average Bonchev–Trinajstić information content (AvgIpc) is 3.03. The topological polar surface area (TPSA) is 57.9 Å². The van der Waals surface area contributed by atoms with E-state index in [0.29, 0.717) is 41.4 Å². The highest BCUT2D eigenvalue weighted by Gasteiger charge is 2.14. The van der Waals surface area contributed by atoms with Gasteiger partial charge in [-0.3, -0.25) is 4.79 Å². The summed E-state index contributed by atoms with van der Waals surface area (Å²) < 4.78 is 23.9. The van der Waals surface area contributed by atoms with Crippen LogP contribution in [0.3, 0.4) is 0 Å². The zero-order valence-corrected chi connectivity index (χ0v) is 22.6.